The third-order valence-corrected chi connectivity index (χ3v) is 2.26. The van der Waals surface area contributed by atoms with Crippen LogP contribution in [-0.4, -0.2) is 12.6 Å². The molecule has 0 aromatic heterocycles. The number of carbonyl (C=O) groups is 1. The molecule has 0 aromatic rings. The summed E-state index contributed by atoms with van der Waals surface area (Å²) < 4.78 is 4.75. The molecule has 0 aliphatic heterocycles. The SMILES string of the molecule is CCCCCC.CCCCCCOC(C)=O. The minimum absolute atomic E-state index is 0.170. The van der Waals surface area contributed by atoms with Gasteiger partial charge in [0.2, 0.25) is 0 Å². The van der Waals surface area contributed by atoms with E-state index in [0.29, 0.717) is 6.61 Å². The lowest BCUT2D eigenvalue weighted by molar-refractivity contribution is -0.141. The van der Waals surface area contributed by atoms with Crippen LogP contribution in [0.1, 0.15) is 79.1 Å². The Kier molecular flexibility index (Phi) is 18.8. The van der Waals surface area contributed by atoms with Crippen molar-refractivity contribution < 1.29 is 9.53 Å². The van der Waals surface area contributed by atoms with Gasteiger partial charge in [0.15, 0.2) is 0 Å². The zero-order valence-corrected chi connectivity index (χ0v) is 11.7. The fourth-order valence-electron chi connectivity index (χ4n) is 1.24. The summed E-state index contributed by atoms with van der Waals surface area (Å²) in [4.78, 5) is 10.3. The highest BCUT2D eigenvalue weighted by atomic mass is 16.5. The summed E-state index contributed by atoms with van der Waals surface area (Å²) in [6, 6.07) is 0. The molecule has 98 valence electrons. The van der Waals surface area contributed by atoms with Gasteiger partial charge in [-0.05, 0) is 6.42 Å². The second-order valence-corrected chi connectivity index (χ2v) is 4.11. The molecule has 2 nitrogen and oxygen atoms in total. The second kappa shape index (κ2) is 16.9. The van der Waals surface area contributed by atoms with Gasteiger partial charge in [-0.15, -0.1) is 0 Å². The maximum atomic E-state index is 10.3. The highest BCUT2D eigenvalue weighted by molar-refractivity contribution is 5.65. The Bertz CT molecular complexity index is 129. The standard InChI is InChI=1S/C8H16O2.C6H14/c1-3-4-5-6-7-10-8(2)9;1-3-5-6-4-2/h3-7H2,1-2H3;3-6H2,1-2H3. The monoisotopic (exact) mass is 230 g/mol. The molecule has 0 bridgehead atoms. The molecule has 16 heavy (non-hydrogen) atoms. The van der Waals surface area contributed by atoms with E-state index >= 15 is 0 Å². The summed E-state index contributed by atoms with van der Waals surface area (Å²) in [6.07, 6.45) is 10.2. The first-order valence-corrected chi connectivity index (χ1v) is 6.82. The zero-order valence-electron chi connectivity index (χ0n) is 11.7. The van der Waals surface area contributed by atoms with Crippen LogP contribution in [0.3, 0.4) is 0 Å². The van der Waals surface area contributed by atoms with Crippen LogP contribution in [0, 0.1) is 0 Å². The summed E-state index contributed by atoms with van der Waals surface area (Å²) in [7, 11) is 0. The molecule has 0 aromatic carbocycles. The molecule has 0 saturated heterocycles. The fraction of sp³-hybridized carbons (Fsp3) is 0.929. The van der Waals surface area contributed by atoms with E-state index in [1.54, 1.807) is 0 Å². The first-order chi connectivity index (χ1) is 7.68. The van der Waals surface area contributed by atoms with Crippen LogP contribution in [0.2, 0.25) is 0 Å². The first-order valence-electron chi connectivity index (χ1n) is 6.82. The van der Waals surface area contributed by atoms with Crippen LogP contribution in [0.4, 0.5) is 0 Å². The number of rotatable bonds is 8. The van der Waals surface area contributed by atoms with Gasteiger partial charge in [0.25, 0.3) is 0 Å². The third kappa shape index (κ3) is 23.4. The Morgan fingerprint density at radius 3 is 1.62 bits per heavy atom. The molecule has 0 heterocycles. The summed E-state index contributed by atoms with van der Waals surface area (Å²) in [6.45, 7) is 8.66. The smallest absolute Gasteiger partial charge is 0.302 e. The lowest BCUT2D eigenvalue weighted by Gasteiger charge is -1.99. The molecule has 0 saturated carbocycles. The number of esters is 1. The lowest BCUT2D eigenvalue weighted by atomic mass is 10.2. The van der Waals surface area contributed by atoms with Crippen LogP contribution in [-0.2, 0) is 9.53 Å². The fourth-order valence-corrected chi connectivity index (χ4v) is 1.24. The highest BCUT2D eigenvalue weighted by Gasteiger charge is 1.91. The molecule has 0 atom stereocenters. The Hall–Kier alpha value is -0.530. The van der Waals surface area contributed by atoms with E-state index in [9.17, 15) is 4.79 Å². The predicted molar refractivity (Wildman–Crippen MR) is 70.6 cm³/mol. The summed E-state index contributed by atoms with van der Waals surface area (Å²) in [5.41, 5.74) is 0. The molecule has 0 fully saturated rings. The van der Waals surface area contributed by atoms with Crippen molar-refractivity contribution >= 4 is 5.97 Å². The summed E-state index contributed by atoms with van der Waals surface area (Å²) in [5.74, 6) is -0.170. The molecule has 0 rings (SSSR count). The molecule has 0 aliphatic rings. The topological polar surface area (TPSA) is 26.3 Å². The highest BCUT2D eigenvalue weighted by Crippen LogP contribution is 1.98. The van der Waals surface area contributed by atoms with Crippen molar-refractivity contribution in [3.63, 3.8) is 0 Å². The first kappa shape index (κ1) is 17.9. The van der Waals surface area contributed by atoms with Gasteiger partial charge in [-0.3, -0.25) is 4.79 Å². The summed E-state index contributed by atoms with van der Waals surface area (Å²) >= 11 is 0. The molecule has 0 unspecified atom stereocenters. The molecule has 0 radical (unpaired) electrons. The normalized spacial score (nSPS) is 9.25. The Balaban J connectivity index is 0. The minimum Gasteiger partial charge on any atom is -0.466 e. The third-order valence-electron chi connectivity index (χ3n) is 2.26. The van der Waals surface area contributed by atoms with Gasteiger partial charge in [-0.2, -0.15) is 0 Å². The average molecular weight is 230 g/mol. The molecular weight excluding hydrogens is 200 g/mol. The number of hydrogen-bond acceptors (Lipinski definition) is 2. The van der Waals surface area contributed by atoms with Crippen LogP contribution < -0.4 is 0 Å². The van der Waals surface area contributed by atoms with Gasteiger partial charge in [0.1, 0.15) is 0 Å². The van der Waals surface area contributed by atoms with E-state index in [4.69, 9.17) is 4.74 Å². The van der Waals surface area contributed by atoms with Crippen molar-refractivity contribution in [3.8, 4) is 0 Å². The van der Waals surface area contributed by atoms with Gasteiger partial charge in [-0.25, -0.2) is 0 Å². The Morgan fingerprint density at radius 2 is 1.25 bits per heavy atom. The van der Waals surface area contributed by atoms with Gasteiger partial charge in [0.05, 0.1) is 6.61 Å². The lowest BCUT2D eigenvalue weighted by Crippen LogP contribution is -1.99. The van der Waals surface area contributed by atoms with E-state index < -0.39 is 0 Å². The van der Waals surface area contributed by atoms with Crippen molar-refractivity contribution in [1.29, 1.82) is 0 Å². The molecule has 2 heteroatoms. The number of hydrogen-bond donors (Lipinski definition) is 0. The van der Waals surface area contributed by atoms with Crippen LogP contribution in [0.15, 0.2) is 0 Å². The second-order valence-electron chi connectivity index (χ2n) is 4.11. The van der Waals surface area contributed by atoms with Crippen molar-refractivity contribution in [1.82, 2.24) is 0 Å². The molecule has 0 N–H and O–H groups in total. The van der Waals surface area contributed by atoms with Gasteiger partial charge in [0, 0.05) is 6.92 Å². The van der Waals surface area contributed by atoms with Gasteiger partial charge >= 0.3 is 5.97 Å². The van der Waals surface area contributed by atoms with E-state index in [0.717, 1.165) is 6.42 Å². The number of unbranched alkanes of at least 4 members (excludes halogenated alkanes) is 6. The van der Waals surface area contributed by atoms with Crippen LogP contribution >= 0.6 is 0 Å². The molecule has 0 amide bonds. The Labute approximate surface area is 102 Å². The number of carbonyl (C=O) groups excluding carboxylic acids is 1. The van der Waals surface area contributed by atoms with Crippen LogP contribution in [0.25, 0.3) is 0 Å². The van der Waals surface area contributed by atoms with E-state index in [2.05, 4.69) is 20.8 Å². The number of ether oxygens (including phenoxy) is 1. The Morgan fingerprint density at radius 1 is 0.812 bits per heavy atom. The van der Waals surface area contributed by atoms with Gasteiger partial charge < -0.3 is 4.74 Å². The maximum absolute atomic E-state index is 10.3. The van der Waals surface area contributed by atoms with E-state index in [-0.39, 0.29) is 5.97 Å². The summed E-state index contributed by atoms with van der Waals surface area (Å²) in [5, 5.41) is 0. The van der Waals surface area contributed by atoms with Crippen molar-refractivity contribution in [2.75, 3.05) is 6.61 Å². The van der Waals surface area contributed by atoms with Crippen molar-refractivity contribution in [3.05, 3.63) is 0 Å². The van der Waals surface area contributed by atoms with Gasteiger partial charge in [-0.1, -0.05) is 65.7 Å². The van der Waals surface area contributed by atoms with Crippen molar-refractivity contribution in [2.24, 2.45) is 0 Å². The average Bonchev–Trinajstić information content (AvgIpc) is 2.26. The largest absolute Gasteiger partial charge is 0.466 e. The quantitative estimate of drug-likeness (QED) is 0.445. The molecular formula is C14H30O2. The predicted octanol–water partition coefficient (Wildman–Crippen LogP) is 4.72. The van der Waals surface area contributed by atoms with E-state index in [1.165, 1.54) is 51.9 Å². The minimum atomic E-state index is -0.170. The van der Waals surface area contributed by atoms with Crippen LogP contribution in [0.5, 0.6) is 0 Å². The molecule has 0 aliphatic carbocycles. The van der Waals surface area contributed by atoms with E-state index in [1.807, 2.05) is 0 Å². The zero-order chi connectivity index (χ0) is 12.6. The van der Waals surface area contributed by atoms with Crippen molar-refractivity contribution in [2.45, 2.75) is 79.1 Å². The maximum Gasteiger partial charge on any atom is 0.302 e. The molecule has 0 spiro atoms.